The van der Waals surface area contributed by atoms with Gasteiger partial charge in [0.1, 0.15) is 5.60 Å². The van der Waals surface area contributed by atoms with Crippen LogP contribution in [0.2, 0.25) is 0 Å². The Labute approximate surface area is 116 Å². The maximum absolute atomic E-state index is 6.48. The molecule has 0 saturated carbocycles. The quantitative estimate of drug-likeness (QED) is 0.771. The Morgan fingerprint density at radius 3 is 2.47 bits per heavy atom. The van der Waals surface area contributed by atoms with E-state index < -0.39 is 0 Å². The second-order valence-corrected chi connectivity index (χ2v) is 6.92. The van der Waals surface area contributed by atoms with Crippen molar-refractivity contribution in [1.82, 2.24) is 5.32 Å². The van der Waals surface area contributed by atoms with Crippen molar-refractivity contribution in [2.24, 2.45) is 0 Å². The number of hydrogen-bond donors (Lipinski definition) is 1. The van der Waals surface area contributed by atoms with Crippen LogP contribution in [-0.4, -0.2) is 18.7 Å². The van der Waals surface area contributed by atoms with E-state index in [2.05, 4.69) is 57.3 Å². The molecular weight excluding hydrogens is 234 g/mol. The number of benzene rings is 1. The molecule has 3 unspecified atom stereocenters. The van der Waals surface area contributed by atoms with Gasteiger partial charge in [-0.25, -0.2) is 0 Å². The van der Waals surface area contributed by atoms with Crippen LogP contribution >= 0.6 is 0 Å². The van der Waals surface area contributed by atoms with Gasteiger partial charge in [-0.05, 0) is 43.2 Å². The first-order chi connectivity index (χ1) is 8.95. The average Bonchev–Trinajstić information content (AvgIpc) is 2.40. The first-order valence-electron chi connectivity index (χ1n) is 7.46. The molecule has 1 aromatic rings. The van der Waals surface area contributed by atoms with Gasteiger partial charge >= 0.3 is 0 Å². The highest BCUT2D eigenvalue weighted by atomic mass is 16.5. The third-order valence-electron chi connectivity index (χ3n) is 5.13. The lowest BCUT2D eigenvalue weighted by molar-refractivity contribution is -0.142. The van der Waals surface area contributed by atoms with Crippen LogP contribution in [-0.2, 0) is 15.8 Å². The fourth-order valence-electron chi connectivity index (χ4n) is 3.55. The van der Waals surface area contributed by atoms with E-state index in [1.54, 1.807) is 0 Å². The number of hydrogen-bond acceptors (Lipinski definition) is 2. The molecule has 1 heterocycles. The predicted molar refractivity (Wildman–Crippen MR) is 78.4 cm³/mol. The second kappa shape index (κ2) is 4.32. The van der Waals surface area contributed by atoms with Crippen LogP contribution in [0.25, 0.3) is 0 Å². The summed E-state index contributed by atoms with van der Waals surface area (Å²) in [5.74, 6) is 0. The highest BCUT2D eigenvalue weighted by Gasteiger charge is 2.46. The van der Waals surface area contributed by atoms with Crippen molar-refractivity contribution >= 4 is 0 Å². The minimum atomic E-state index is -0.113. The molecule has 1 spiro atoms. The summed E-state index contributed by atoms with van der Waals surface area (Å²) >= 11 is 0. The molecule has 1 aliphatic heterocycles. The Balaban J connectivity index is 2.05. The van der Waals surface area contributed by atoms with Gasteiger partial charge in [-0.3, -0.25) is 0 Å². The third-order valence-corrected chi connectivity index (χ3v) is 5.13. The SMILES string of the molecule is CC1NCC2(CCC(C)(C)c3ccccc32)OC1C. The molecule has 1 N–H and O–H groups in total. The molecule has 2 aliphatic rings. The smallest absolute Gasteiger partial charge is 0.106 e. The van der Waals surface area contributed by atoms with Gasteiger partial charge in [0.2, 0.25) is 0 Å². The molecule has 0 radical (unpaired) electrons. The summed E-state index contributed by atoms with van der Waals surface area (Å²) in [6.07, 6.45) is 2.57. The average molecular weight is 259 g/mol. The van der Waals surface area contributed by atoms with Crippen LogP contribution < -0.4 is 5.32 Å². The maximum Gasteiger partial charge on any atom is 0.106 e. The molecule has 3 atom stereocenters. The standard InChI is InChI=1S/C17H25NO/c1-12-13(2)19-17(11-18-12)10-9-16(3,4)14-7-5-6-8-15(14)17/h5-8,12-13,18H,9-11H2,1-4H3. The van der Waals surface area contributed by atoms with E-state index in [1.165, 1.54) is 17.5 Å². The minimum Gasteiger partial charge on any atom is -0.364 e. The maximum atomic E-state index is 6.48. The van der Waals surface area contributed by atoms with Crippen LogP contribution in [0.3, 0.4) is 0 Å². The molecule has 1 aliphatic carbocycles. The summed E-state index contributed by atoms with van der Waals surface area (Å²) in [6.45, 7) is 10.0. The first kappa shape index (κ1) is 13.1. The first-order valence-corrected chi connectivity index (χ1v) is 7.46. The van der Waals surface area contributed by atoms with Crippen molar-refractivity contribution in [3.8, 4) is 0 Å². The zero-order chi connectivity index (χ0) is 13.7. The van der Waals surface area contributed by atoms with Crippen LogP contribution in [0.1, 0.15) is 51.7 Å². The summed E-state index contributed by atoms with van der Waals surface area (Å²) in [7, 11) is 0. The van der Waals surface area contributed by atoms with E-state index in [0.717, 1.165) is 13.0 Å². The van der Waals surface area contributed by atoms with E-state index in [-0.39, 0.29) is 17.1 Å². The lowest BCUT2D eigenvalue weighted by Crippen LogP contribution is -2.57. The number of fused-ring (bicyclic) bond motifs is 2. The Kier molecular flexibility index (Phi) is 2.99. The normalized spacial score (nSPS) is 37.1. The molecule has 3 rings (SSSR count). The topological polar surface area (TPSA) is 21.3 Å². The van der Waals surface area contributed by atoms with Crippen LogP contribution in [0.5, 0.6) is 0 Å². The molecule has 2 heteroatoms. The molecule has 1 aromatic carbocycles. The third kappa shape index (κ3) is 2.02. The molecular formula is C17H25NO. The van der Waals surface area contributed by atoms with Gasteiger partial charge in [-0.15, -0.1) is 0 Å². The van der Waals surface area contributed by atoms with E-state index in [4.69, 9.17) is 4.74 Å². The lowest BCUT2D eigenvalue weighted by atomic mass is 9.66. The molecule has 0 amide bonds. The fraction of sp³-hybridized carbons (Fsp3) is 0.647. The van der Waals surface area contributed by atoms with Crippen molar-refractivity contribution < 1.29 is 4.74 Å². The molecule has 1 saturated heterocycles. The Hall–Kier alpha value is -0.860. The van der Waals surface area contributed by atoms with Gasteiger partial charge in [-0.1, -0.05) is 38.1 Å². The summed E-state index contributed by atoms with van der Waals surface area (Å²) in [5.41, 5.74) is 3.01. The van der Waals surface area contributed by atoms with Gasteiger partial charge in [-0.2, -0.15) is 0 Å². The minimum absolute atomic E-state index is 0.113. The lowest BCUT2D eigenvalue weighted by Gasteiger charge is -2.50. The van der Waals surface area contributed by atoms with Crippen molar-refractivity contribution in [3.63, 3.8) is 0 Å². The van der Waals surface area contributed by atoms with Crippen LogP contribution in [0.4, 0.5) is 0 Å². The number of morpholine rings is 1. The summed E-state index contributed by atoms with van der Waals surface area (Å²) in [4.78, 5) is 0. The molecule has 0 aromatic heterocycles. The zero-order valence-corrected chi connectivity index (χ0v) is 12.5. The number of nitrogens with one attached hydrogen (secondary N) is 1. The Bertz CT molecular complexity index is 482. The van der Waals surface area contributed by atoms with Crippen LogP contribution in [0.15, 0.2) is 24.3 Å². The molecule has 19 heavy (non-hydrogen) atoms. The number of rotatable bonds is 0. The van der Waals surface area contributed by atoms with Gasteiger partial charge in [0.25, 0.3) is 0 Å². The zero-order valence-electron chi connectivity index (χ0n) is 12.5. The largest absolute Gasteiger partial charge is 0.364 e. The highest BCUT2D eigenvalue weighted by molar-refractivity contribution is 5.41. The Morgan fingerprint density at radius 2 is 1.79 bits per heavy atom. The van der Waals surface area contributed by atoms with Gasteiger partial charge < -0.3 is 10.1 Å². The second-order valence-electron chi connectivity index (χ2n) is 6.92. The summed E-state index contributed by atoms with van der Waals surface area (Å²) in [6, 6.07) is 9.28. The van der Waals surface area contributed by atoms with E-state index in [9.17, 15) is 0 Å². The van der Waals surface area contributed by atoms with E-state index in [0.29, 0.717) is 6.04 Å². The fourth-order valence-corrected chi connectivity index (χ4v) is 3.55. The molecule has 1 fully saturated rings. The van der Waals surface area contributed by atoms with Crippen molar-refractivity contribution in [2.45, 2.75) is 63.7 Å². The van der Waals surface area contributed by atoms with Crippen molar-refractivity contribution in [3.05, 3.63) is 35.4 Å². The number of ether oxygens (including phenoxy) is 1. The van der Waals surface area contributed by atoms with Gasteiger partial charge in [0.05, 0.1) is 6.10 Å². The van der Waals surface area contributed by atoms with Crippen LogP contribution in [0, 0.1) is 0 Å². The van der Waals surface area contributed by atoms with E-state index >= 15 is 0 Å². The van der Waals surface area contributed by atoms with E-state index in [1.807, 2.05) is 0 Å². The molecule has 2 nitrogen and oxygen atoms in total. The molecule has 0 bridgehead atoms. The van der Waals surface area contributed by atoms with Crippen molar-refractivity contribution in [2.75, 3.05) is 6.54 Å². The van der Waals surface area contributed by atoms with Gasteiger partial charge in [0, 0.05) is 12.6 Å². The Morgan fingerprint density at radius 1 is 1.11 bits per heavy atom. The summed E-state index contributed by atoms with van der Waals surface area (Å²) < 4.78 is 6.48. The van der Waals surface area contributed by atoms with Crippen molar-refractivity contribution in [1.29, 1.82) is 0 Å². The van der Waals surface area contributed by atoms with Gasteiger partial charge in [0.15, 0.2) is 0 Å². The molecule has 104 valence electrons. The summed E-state index contributed by atoms with van der Waals surface area (Å²) in [5, 5.41) is 3.64. The predicted octanol–water partition coefficient (Wildman–Crippen LogP) is 3.35. The monoisotopic (exact) mass is 259 g/mol. The highest BCUT2D eigenvalue weighted by Crippen LogP contribution is 2.47.